The van der Waals surface area contributed by atoms with Gasteiger partial charge in [-0.25, -0.2) is 4.98 Å². The molecule has 0 aromatic carbocycles. The van der Waals surface area contributed by atoms with E-state index in [1.54, 1.807) is 6.20 Å². The van der Waals surface area contributed by atoms with Crippen LogP contribution in [0.1, 0.15) is 37.7 Å². The molecule has 0 spiro atoms. The van der Waals surface area contributed by atoms with Crippen molar-refractivity contribution in [2.45, 2.75) is 45.1 Å². The minimum atomic E-state index is 0. The van der Waals surface area contributed by atoms with Gasteiger partial charge in [-0.15, -0.1) is 12.4 Å². The molecule has 1 aromatic heterocycles. The summed E-state index contributed by atoms with van der Waals surface area (Å²) in [5.41, 5.74) is 1.20. The van der Waals surface area contributed by atoms with Crippen LogP contribution >= 0.6 is 12.4 Å². The van der Waals surface area contributed by atoms with Crippen molar-refractivity contribution in [2.24, 2.45) is 0 Å². The highest BCUT2D eigenvalue weighted by Crippen LogP contribution is 2.13. The summed E-state index contributed by atoms with van der Waals surface area (Å²) in [4.78, 5) is 4.19. The summed E-state index contributed by atoms with van der Waals surface area (Å²) in [6.45, 7) is 4.01. The third-order valence-electron chi connectivity index (χ3n) is 3.25. The van der Waals surface area contributed by atoms with Crippen molar-refractivity contribution in [3.05, 3.63) is 23.9 Å². The molecule has 1 unspecified atom stereocenters. The molecule has 1 aliphatic heterocycles. The van der Waals surface area contributed by atoms with Gasteiger partial charge < -0.3 is 10.1 Å². The first-order valence-corrected chi connectivity index (χ1v) is 6.63. The van der Waals surface area contributed by atoms with E-state index in [9.17, 15) is 0 Å². The number of aromatic nitrogens is 1. The Kier molecular flexibility index (Phi) is 7.06. The van der Waals surface area contributed by atoms with E-state index in [4.69, 9.17) is 4.74 Å². The molecule has 0 aliphatic carbocycles. The summed E-state index contributed by atoms with van der Waals surface area (Å²) in [5, 5.41) is 3.56. The van der Waals surface area contributed by atoms with Crippen LogP contribution in [0.4, 0.5) is 0 Å². The minimum Gasteiger partial charge on any atom is -0.478 e. The number of hydrogen-bond donors (Lipinski definition) is 1. The molecule has 0 saturated carbocycles. The van der Waals surface area contributed by atoms with Crippen LogP contribution in [0.15, 0.2) is 18.3 Å². The average molecular weight is 271 g/mol. The smallest absolute Gasteiger partial charge is 0.213 e. The number of ether oxygens (including phenoxy) is 1. The summed E-state index contributed by atoms with van der Waals surface area (Å²) in [6, 6.07) is 4.68. The zero-order valence-electron chi connectivity index (χ0n) is 11.0. The average Bonchev–Trinajstić information content (AvgIpc) is 2.36. The summed E-state index contributed by atoms with van der Waals surface area (Å²) in [6.07, 6.45) is 8.15. The Morgan fingerprint density at radius 2 is 2.33 bits per heavy atom. The molecule has 1 N–H and O–H groups in total. The van der Waals surface area contributed by atoms with Crippen molar-refractivity contribution in [1.82, 2.24) is 10.3 Å². The van der Waals surface area contributed by atoms with Gasteiger partial charge in [-0.3, -0.25) is 0 Å². The molecule has 1 fully saturated rings. The lowest BCUT2D eigenvalue weighted by Gasteiger charge is -2.23. The summed E-state index contributed by atoms with van der Waals surface area (Å²) >= 11 is 0. The number of nitrogens with one attached hydrogen (secondary N) is 1. The second kappa shape index (κ2) is 8.33. The predicted molar refractivity (Wildman–Crippen MR) is 76.6 cm³/mol. The maximum absolute atomic E-state index is 5.64. The highest BCUT2D eigenvalue weighted by Gasteiger charge is 2.11. The number of halogens is 1. The van der Waals surface area contributed by atoms with Crippen molar-refractivity contribution >= 4 is 12.4 Å². The first kappa shape index (κ1) is 15.3. The fraction of sp³-hybridized carbons (Fsp3) is 0.643. The molecule has 2 heterocycles. The Balaban J connectivity index is 0.00000162. The predicted octanol–water partition coefficient (Wildman–Crippen LogP) is 3.11. The fourth-order valence-corrected chi connectivity index (χ4v) is 2.26. The number of pyridine rings is 1. The molecule has 1 saturated heterocycles. The largest absolute Gasteiger partial charge is 0.478 e. The fourth-order valence-electron chi connectivity index (χ4n) is 2.26. The Labute approximate surface area is 116 Å². The normalized spacial score (nSPS) is 19.1. The maximum atomic E-state index is 5.64. The first-order chi connectivity index (χ1) is 8.34. The maximum Gasteiger partial charge on any atom is 0.213 e. The highest BCUT2D eigenvalue weighted by atomic mass is 35.5. The number of aryl methyl sites for hydroxylation is 1. The summed E-state index contributed by atoms with van der Waals surface area (Å²) < 4.78 is 5.64. The van der Waals surface area contributed by atoms with Gasteiger partial charge in [0.2, 0.25) is 5.88 Å². The molecular weight excluding hydrogens is 248 g/mol. The monoisotopic (exact) mass is 270 g/mol. The number of rotatable bonds is 5. The van der Waals surface area contributed by atoms with Crippen LogP contribution < -0.4 is 10.1 Å². The lowest BCUT2D eigenvalue weighted by Crippen LogP contribution is -2.34. The molecule has 0 bridgehead atoms. The zero-order valence-corrected chi connectivity index (χ0v) is 11.8. The molecule has 0 radical (unpaired) electrons. The van der Waals surface area contributed by atoms with Gasteiger partial charge >= 0.3 is 0 Å². The van der Waals surface area contributed by atoms with E-state index in [-0.39, 0.29) is 12.4 Å². The van der Waals surface area contributed by atoms with Crippen LogP contribution in [0.5, 0.6) is 5.88 Å². The van der Waals surface area contributed by atoms with E-state index >= 15 is 0 Å². The summed E-state index contributed by atoms with van der Waals surface area (Å²) in [7, 11) is 0. The number of piperidine rings is 1. The van der Waals surface area contributed by atoms with E-state index < -0.39 is 0 Å². The zero-order chi connectivity index (χ0) is 11.9. The van der Waals surface area contributed by atoms with Crippen molar-refractivity contribution < 1.29 is 4.74 Å². The Bertz CT molecular complexity index is 340. The Morgan fingerprint density at radius 3 is 3.06 bits per heavy atom. The molecular formula is C14H23ClN2O. The van der Waals surface area contributed by atoms with Crippen LogP contribution in [0, 0.1) is 6.92 Å². The van der Waals surface area contributed by atoms with Crippen molar-refractivity contribution in [2.75, 3.05) is 13.2 Å². The van der Waals surface area contributed by atoms with Crippen molar-refractivity contribution in [1.29, 1.82) is 0 Å². The van der Waals surface area contributed by atoms with Crippen LogP contribution in [-0.2, 0) is 0 Å². The van der Waals surface area contributed by atoms with Crippen LogP contribution in [-0.4, -0.2) is 24.2 Å². The van der Waals surface area contributed by atoms with Crippen LogP contribution in [0.3, 0.4) is 0 Å². The molecule has 1 aromatic rings. The third kappa shape index (κ3) is 5.23. The van der Waals surface area contributed by atoms with Crippen molar-refractivity contribution in [3.8, 4) is 5.88 Å². The molecule has 0 amide bonds. The lowest BCUT2D eigenvalue weighted by atomic mass is 10.0. The van der Waals surface area contributed by atoms with E-state index in [1.165, 1.54) is 37.8 Å². The molecule has 102 valence electrons. The molecule has 3 nitrogen and oxygen atoms in total. The van der Waals surface area contributed by atoms with Gasteiger partial charge in [-0.2, -0.15) is 0 Å². The SMILES string of the molecule is Cc1ccnc(OCCCC2CCCCN2)c1.Cl. The molecule has 18 heavy (non-hydrogen) atoms. The minimum absolute atomic E-state index is 0. The number of nitrogens with zero attached hydrogens (tertiary/aromatic N) is 1. The molecule has 2 rings (SSSR count). The summed E-state index contributed by atoms with van der Waals surface area (Å²) in [5.74, 6) is 0.751. The first-order valence-electron chi connectivity index (χ1n) is 6.63. The van der Waals surface area contributed by atoms with E-state index in [2.05, 4.69) is 17.2 Å². The second-order valence-electron chi connectivity index (χ2n) is 4.81. The lowest BCUT2D eigenvalue weighted by molar-refractivity contribution is 0.276. The van der Waals surface area contributed by atoms with Gasteiger partial charge in [-0.05, 0) is 50.8 Å². The van der Waals surface area contributed by atoms with Crippen LogP contribution in [0.25, 0.3) is 0 Å². The molecule has 1 aliphatic rings. The topological polar surface area (TPSA) is 34.1 Å². The Morgan fingerprint density at radius 1 is 1.44 bits per heavy atom. The quantitative estimate of drug-likeness (QED) is 0.835. The van der Waals surface area contributed by atoms with Gasteiger partial charge in [0.05, 0.1) is 6.61 Å². The van der Waals surface area contributed by atoms with Gasteiger partial charge in [0.15, 0.2) is 0 Å². The van der Waals surface area contributed by atoms with Gasteiger partial charge in [0, 0.05) is 18.3 Å². The van der Waals surface area contributed by atoms with E-state index in [1.807, 2.05) is 12.1 Å². The van der Waals surface area contributed by atoms with Crippen molar-refractivity contribution in [3.63, 3.8) is 0 Å². The third-order valence-corrected chi connectivity index (χ3v) is 3.25. The second-order valence-corrected chi connectivity index (χ2v) is 4.81. The van der Waals surface area contributed by atoms with E-state index in [0.29, 0.717) is 6.04 Å². The highest BCUT2D eigenvalue weighted by molar-refractivity contribution is 5.85. The van der Waals surface area contributed by atoms with Gasteiger partial charge in [0.25, 0.3) is 0 Å². The Hall–Kier alpha value is -0.800. The van der Waals surface area contributed by atoms with E-state index in [0.717, 1.165) is 18.9 Å². The molecule has 4 heteroatoms. The number of hydrogen-bond acceptors (Lipinski definition) is 3. The van der Waals surface area contributed by atoms with Crippen LogP contribution in [0.2, 0.25) is 0 Å². The molecule has 1 atom stereocenters. The van der Waals surface area contributed by atoms with Gasteiger partial charge in [-0.1, -0.05) is 6.42 Å². The van der Waals surface area contributed by atoms with Gasteiger partial charge in [0.1, 0.15) is 0 Å². The standard InChI is InChI=1S/C14H22N2O.ClH/c1-12-7-9-16-14(11-12)17-10-4-6-13-5-2-3-8-15-13;/h7,9,11,13,15H,2-6,8,10H2,1H3;1H.